The third kappa shape index (κ3) is 11.3. The van der Waals surface area contributed by atoms with Gasteiger partial charge in [0, 0.05) is 32.9 Å². The molecule has 4 heterocycles. The number of alkyl carbamates (subject to hydrolysis) is 1. The van der Waals surface area contributed by atoms with Crippen LogP contribution in [0.4, 0.5) is 4.79 Å². The molecule has 0 spiro atoms. The predicted octanol–water partition coefficient (Wildman–Crippen LogP) is -7.24. The molecule has 26 heteroatoms. The minimum Gasteiger partial charge on any atom is -0.479 e. The number of nitrogens with one attached hydrogen (secondary N) is 3. The Morgan fingerprint density at radius 2 is 1.14 bits per heavy atom. The number of aliphatic hydroxyl groups is 7. The number of aliphatic carboxylic acids is 2. The largest absolute Gasteiger partial charge is 0.479 e. The molecule has 59 heavy (non-hydrogen) atoms. The van der Waals surface area contributed by atoms with Gasteiger partial charge in [0.2, 0.25) is 11.8 Å². The van der Waals surface area contributed by atoms with Crippen molar-refractivity contribution in [1.29, 1.82) is 0 Å². The van der Waals surface area contributed by atoms with Crippen LogP contribution in [0.2, 0.25) is 0 Å². The number of rotatable bonds is 15. The van der Waals surface area contributed by atoms with Crippen molar-refractivity contribution in [3.8, 4) is 0 Å². The zero-order valence-corrected chi connectivity index (χ0v) is 32.3. The van der Waals surface area contributed by atoms with Gasteiger partial charge in [0.15, 0.2) is 31.1 Å². The van der Waals surface area contributed by atoms with Crippen molar-refractivity contribution in [2.75, 3.05) is 26.3 Å². The van der Waals surface area contributed by atoms with Crippen LogP contribution in [-0.4, -0.2) is 219 Å². The second kappa shape index (κ2) is 20.9. The van der Waals surface area contributed by atoms with Crippen LogP contribution in [0.3, 0.4) is 0 Å². The lowest BCUT2D eigenvalue weighted by Gasteiger charge is -2.50. The van der Waals surface area contributed by atoms with Crippen molar-refractivity contribution in [2.45, 2.75) is 144 Å². The summed E-state index contributed by atoms with van der Waals surface area (Å²) in [6.45, 7) is 3.38. The molecular formula is C33H54N4O22. The number of ether oxygens (including phenoxy) is 8. The lowest BCUT2D eigenvalue weighted by atomic mass is 9.90. The number of hydrogen-bond acceptors (Lipinski definition) is 21. The minimum atomic E-state index is -2.27. The van der Waals surface area contributed by atoms with Crippen molar-refractivity contribution in [3.63, 3.8) is 0 Å². The second-order valence-electron chi connectivity index (χ2n) is 14.5. The first-order chi connectivity index (χ1) is 27.7. The van der Waals surface area contributed by atoms with Gasteiger partial charge >= 0.3 is 18.0 Å². The van der Waals surface area contributed by atoms with Crippen LogP contribution in [0, 0.1) is 5.92 Å². The molecule has 0 radical (unpaired) electrons. The van der Waals surface area contributed by atoms with E-state index >= 15 is 0 Å². The first-order valence-electron chi connectivity index (χ1n) is 18.6. The third-order valence-corrected chi connectivity index (χ3v) is 10.2. The smallest absolute Gasteiger partial charge is 0.407 e. The standard InChI is InChI=1S/C33H54N4O22/c1-9-17(41)21(45)31(55-23(9)28(47)48)57-25-16(37-12(4)40)30(54-14(19(25)43)8-52-33(51)35-6-5-34)58-26-20(44)22(46)32(59-27(26)29(49)50)56-24-15(36-11(3)39)10(2)53-13(7-38)18(24)42/h9-10,13-27,30-32,38,41-46H,5-8,34H2,1-4H3,(H,35,51)(H,36,39)(H,37,40)(H,47,48)(H,49,50)/t9-,10-,13?,14?,15?,16?,17-,18+,19+,20+,21?,22?,23?,24+,25+,26-,27?,30-,31-,32+/m0/s1. The molecule has 0 aliphatic carbocycles. The summed E-state index contributed by atoms with van der Waals surface area (Å²) in [5.41, 5.74) is 5.39. The molecule has 0 bridgehead atoms. The maximum atomic E-state index is 12.7. The number of amides is 3. The number of carbonyl (C=O) groups excluding carboxylic acids is 3. The van der Waals surface area contributed by atoms with Crippen molar-refractivity contribution in [2.24, 2.45) is 11.7 Å². The molecule has 26 nitrogen and oxygen atoms in total. The van der Waals surface area contributed by atoms with E-state index in [4.69, 9.17) is 43.6 Å². The second-order valence-corrected chi connectivity index (χ2v) is 14.5. The van der Waals surface area contributed by atoms with Gasteiger partial charge in [-0.1, -0.05) is 6.92 Å². The molecule has 4 aliphatic heterocycles. The molecule has 338 valence electrons. The zero-order chi connectivity index (χ0) is 44.0. The highest BCUT2D eigenvalue weighted by molar-refractivity contribution is 5.74. The van der Waals surface area contributed by atoms with Gasteiger partial charge in [-0.05, 0) is 6.92 Å². The number of carbonyl (C=O) groups is 5. The van der Waals surface area contributed by atoms with E-state index in [1.807, 2.05) is 0 Å². The summed E-state index contributed by atoms with van der Waals surface area (Å²) in [5.74, 6) is -5.98. The lowest BCUT2D eigenvalue weighted by Crippen LogP contribution is -2.70. The van der Waals surface area contributed by atoms with Crippen molar-refractivity contribution >= 4 is 29.8 Å². The van der Waals surface area contributed by atoms with Crippen LogP contribution in [-0.2, 0) is 57.1 Å². The highest BCUT2D eigenvalue weighted by atomic mass is 16.8. The molecule has 4 rings (SSSR count). The molecule has 3 amide bonds. The van der Waals surface area contributed by atoms with E-state index in [1.165, 1.54) is 13.8 Å². The van der Waals surface area contributed by atoms with Crippen LogP contribution in [0.1, 0.15) is 27.7 Å². The summed E-state index contributed by atoms with van der Waals surface area (Å²) in [4.78, 5) is 61.5. The van der Waals surface area contributed by atoms with E-state index in [9.17, 15) is 69.9 Å². The Morgan fingerprint density at radius 1 is 0.627 bits per heavy atom. The molecule has 4 fully saturated rings. The Labute approximate surface area is 335 Å². The molecule has 0 aromatic carbocycles. The predicted molar refractivity (Wildman–Crippen MR) is 186 cm³/mol. The van der Waals surface area contributed by atoms with Gasteiger partial charge in [-0.3, -0.25) is 9.59 Å². The topological polar surface area (TPSA) is 403 Å². The summed E-state index contributed by atoms with van der Waals surface area (Å²) in [7, 11) is 0. The van der Waals surface area contributed by atoms with Crippen LogP contribution >= 0.6 is 0 Å². The molecule has 20 atom stereocenters. The van der Waals surface area contributed by atoms with Crippen molar-refractivity contribution in [3.05, 3.63) is 0 Å². The summed E-state index contributed by atoms with van der Waals surface area (Å²) < 4.78 is 45.0. The Bertz CT molecular complexity index is 1460. The average molecular weight is 859 g/mol. The highest BCUT2D eigenvalue weighted by Crippen LogP contribution is 2.35. The average Bonchev–Trinajstić information content (AvgIpc) is 3.17. The van der Waals surface area contributed by atoms with Gasteiger partial charge < -0.3 is 106 Å². The Balaban J connectivity index is 1.67. The van der Waals surface area contributed by atoms with E-state index < -0.39 is 165 Å². The van der Waals surface area contributed by atoms with Gasteiger partial charge in [-0.25, -0.2) is 14.4 Å². The Kier molecular flexibility index (Phi) is 17.1. The van der Waals surface area contributed by atoms with Crippen molar-refractivity contribution < 1.29 is 108 Å². The molecular weight excluding hydrogens is 804 g/mol. The van der Waals surface area contributed by atoms with Gasteiger partial charge in [0.05, 0.1) is 24.9 Å². The number of carboxylic acids is 2. The normalized spacial score (nSPS) is 42.6. The highest BCUT2D eigenvalue weighted by Gasteiger charge is 2.57. The van der Waals surface area contributed by atoms with Gasteiger partial charge in [-0.15, -0.1) is 0 Å². The molecule has 0 aromatic rings. The molecule has 4 saturated heterocycles. The van der Waals surface area contributed by atoms with Crippen LogP contribution < -0.4 is 21.7 Å². The lowest BCUT2D eigenvalue weighted by molar-refractivity contribution is -0.365. The quantitative estimate of drug-likeness (QED) is 0.0727. The first-order valence-corrected chi connectivity index (χ1v) is 18.6. The van der Waals surface area contributed by atoms with Gasteiger partial charge in [0.25, 0.3) is 0 Å². The van der Waals surface area contributed by atoms with Gasteiger partial charge in [0.1, 0.15) is 73.7 Å². The van der Waals surface area contributed by atoms with E-state index in [0.717, 1.165) is 13.8 Å². The minimum absolute atomic E-state index is 0.0233. The molecule has 8 unspecified atom stereocenters. The summed E-state index contributed by atoms with van der Waals surface area (Å²) in [6.07, 6.45) is -32.4. The van der Waals surface area contributed by atoms with E-state index in [2.05, 4.69) is 16.0 Å². The Morgan fingerprint density at radius 3 is 1.68 bits per heavy atom. The molecule has 0 aromatic heterocycles. The van der Waals surface area contributed by atoms with E-state index in [0.29, 0.717) is 0 Å². The van der Waals surface area contributed by atoms with Gasteiger partial charge in [-0.2, -0.15) is 0 Å². The van der Waals surface area contributed by atoms with E-state index in [1.54, 1.807) is 0 Å². The summed E-state index contributed by atoms with van der Waals surface area (Å²) in [5, 5.41) is 104. The SMILES string of the molecule is CC(=O)NC1[C@H](O[C@@H]2C(C(=O)O)O[C@@H](O[C@@H]3C(NC(C)=O)[C@H](C)OC(CO)[C@H]3O)C(O)[C@H]2O)OC(COC(=O)NCCN)[C@@H](O)[C@@H]1O[C@@H]1OC(C(=O)O)[C@@H](C)[C@H](O)C1O. The van der Waals surface area contributed by atoms with E-state index in [-0.39, 0.29) is 13.1 Å². The van der Waals surface area contributed by atoms with Crippen molar-refractivity contribution in [1.82, 2.24) is 16.0 Å². The molecule has 4 aliphatic rings. The fourth-order valence-corrected chi connectivity index (χ4v) is 7.15. The maximum absolute atomic E-state index is 12.7. The van der Waals surface area contributed by atoms with Crippen LogP contribution in [0.25, 0.3) is 0 Å². The summed E-state index contributed by atoms with van der Waals surface area (Å²) in [6, 6.07) is -2.92. The maximum Gasteiger partial charge on any atom is 0.407 e. The monoisotopic (exact) mass is 858 g/mol. The molecule has 0 saturated carbocycles. The number of carboxylic acid groups (broad SMARTS) is 2. The van der Waals surface area contributed by atoms with Crippen LogP contribution in [0.15, 0.2) is 0 Å². The Hall–Kier alpha value is -3.45. The van der Waals surface area contributed by atoms with Crippen LogP contribution in [0.5, 0.6) is 0 Å². The number of aliphatic hydroxyl groups excluding tert-OH is 7. The fourth-order valence-electron chi connectivity index (χ4n) is 7.15. The third-order valence-electron chi connectivity index (χ3n) is 10.2. The zero-order valence-electron chi connectivity index (χ0n) is 32.3. The fraction of sp³-hybridized carbons (Fsp3) is 0.848. The first kappa shape index (κ1) is 48.2. The molecule has 14 N–H and O–H groups in total. The number of hydrogen-bond donors (Lipinski definition) is 13. The number of nitrogens with two attached hydrogens (primary N) is 1. The summed E-state index contributed by atoms with van der Waals surface area (Å²) >= 11 is 0.